The van der Waals surface area contributed by atoms with Crippen molar-refractivity contribution in [1.29, 1.82) is 0 Å². The first-order valence-corrected chi connectivity index (χ1v) is 5.76. The zero-order valence-electron chi connectivity index (χ0n) is 9.21. The lowest BCUT2D eigenvalue weighted by Gasteiger charge is -2.13. The number of rotatable bonds is 7. The molecular formula is C12H21NO2. The number of nitrogens with one attached hydrogen (secondary N) is 1. The minimum absolute atomic E-state index is 0.308. The maximum Gasteiger partial charge on any atom is 0.0927 e. The largest absolute Gasteiger partial charge is 0.512 e. The average molecular weight is 211 g/mol. The van der Waals surface area contributed by atoms with Gasteiger partial charge in [0.1, 0.15) is 0 Å². The molecule has 0 fully saturated rings. The SMILES string of the molecule is OCCCCCCNC1=CC=C(O)CC1. The van der Waals surface area contributed by atoms with E-state index in [0.717, 1.165) is 38.6 Å². The third-order valence-electron chi connectivity index (χ3n) is 2.56. The molecule has 0 amide bonds. The van der Waals surface area contributed by atoms with Crippen molar-refractivity contribution < 1.29 is 10.2 Å². The van der Waals surface area contributed by atoms with Gasteiger partial charge in [0.15, 0.2) is 0 Å². The molecule has 0 unspecified atom stereocenters. The van der Waals surface area contributed by atoms with Gasteiger partial charge < -0.3 is 15.5 Å². The summed E-state index contributed by atoms with van der Waals surface area (Å²) in [5.74, 6) is 0.475. The molecule has 0 atom stereocenters. The van der Waals surface area contributed by atoms with Gasteiger partial charge in [-0.25, -0.2) is 0 Å². The van der Waals surface area contributed by atoms with Gasteiger partial charge in [-0.2, -0.15) is 0 Å². The fourth-order valence-electron chi connectivity index (χ4n) is 1.61. The predicted octanol–water partition coefficient (Wildman–Crippen LogP) is 2.25. The van der Waals surface area contributed by atoms with Crippen molar-refractivity contribution in [2.75, 3.05) is 13.2 Å². The summed E-state index contributed by atoms with van der Waals surface area (Å²) in [5, 5.41) is 21.1. The van der Waals surface area contributed by atoms with Gasteiger partial charge in [-0.1, -0.05) is 12.8 Å². The van der Waals surface area contributed by atoms with Crippen molar-refractivity contribution in [1.82, 2.24) is 5.32 Å². The topological polar surface area (TPSA) is 52.5 Å². The lowest BCUT2D eigenvalue weighted by molar-refractivity contribution is 0.282. The standard InChI is InChI=1S/C12H21NO2/c14-10-4-2-1-3-9-13-11-5-7-12(15)8-6-11/h5,7,13-15H,1-4,6,8-10H2. The Balaban J connectivity index is 2.01. The molecule has 0 radical (unpaired) electrons. The Bertz CT molecular complexity index is 234. The molecule has 0 aromatic rings. The summed E-state index contributed by atoms with van der Waals surface area (Å²) in [7, 11) is 0. The fourth-order valence-corrected chi connectivity index (χ4v) is 1.61. The fraction of sp³-hybridized carbons (Fsp3) is 0.667. The third-order valence-corrected chi connectivity index (χ3v) is 2.56. The van der Waals surface area contributed by atoms with Crippen LogP contribution in [0.25, 0.3) is 0 Å². The number of allylic oxidation sites excluding steroid dienone is 4. The normalized spacial score (nSPS) is 15.8. The zero-order chi connectivity index (χ0) is 10.9. The molecule has 0 aromatic heterocycles. The second kappa shape index (κ2) is 7.35. The quantitative estimate of drug-likeness (QED) is 0.566. The highest BCUT2D eigenvalue weighted by molar-refractivity contribution is 5.19. The van der Waals surface area contributed by atoms with Crippen LogP contribution in [0.5, 0.6) is 0 Å². The molecule has 1 rings (SSSR count). The first-order valence-electron chi connectivity index (χ1n) is 5.76. The van der Waals surface area contributed by atoms with Crippen LogP contribution in [0.15, 0.2) is 23.6 Å². The van der Waals surface area contributed by atoms with E-state index in [1.54, 1.807) is 6.08 Å². The Kier molecular flexibility index (Phi) is 5.93. The van der Waals surface area contributed by atoms with E-state index in [1.807, 2.05) is 6.08 Å². The molecule has 86 valence electrons. The molecule has 0 heterocycles. The van der Waals surface area contributed by atoms with E-state index in [9.17, 15) is 0 Å². The number of hydrogen-bond acceptors (Lipinski definition) is 3. The molecule has 15 heavy (non-hydrogen) atoms. The highest BCUT2D eigenvalue weighted by atomic mass is 16.3. The average Bonchev–Trinajstić information content (AvgIpc) is 2.26. The molecule has 0 saturated heterocycles. The first kappa shape index (κ1) is 12.1. The highest BCUT2D eigenvalue weighted by Crippen LogP contribution is 2.13. The lowest BCUT2D eigenvalue weighted by atomic mass is 10.1. The van der Waals surface area contributed by atoms with Gasteiger partial charge in [-0.05, 0) is 31.4 Å². The molecular weight excluding hydrogens is 190 g/mol. The monoisotopic (exact) mass is 211 g/mol. The van der Waals surface area contributed by atoms with Crippen molar-refractivity contribution in [2.24, 2.45) is 0 Å². The van der Waals surface area contributed by atoms with E-state index in [2.05, 4.69) is 5.32 Å². The maximum absolute atomic E-state index is 9.16. The Morgan fingerprint density at radius 1 is 1.07 bits per heavy atom. The molecule has 3 nitrogen and oxygen atoms in total. The van der Waals surface area contributed by atoms with Crippen LogP contribution in [0.1, 0.15) is 38.5 Å². The Hall–Kier alpha value is -0.960. The minimum atomic E-state index is 0.308. The number of aliphatic hydroxyl groups excluding tert-OH is 2. The molecule has 0 aliphatic heterocycles. The molecule has 1 aliphatic rings. The van der Waals surface area contributed by atoms with Crippen LogP contribution in [-0.2, 0) is 0 Å². The number of hydrogen-bond donors (Lipinski definition) is 3. The summed E-state index contributed by atoms with van der Waals surface area (Å²) in [5.41, 5.74) is 1.22. The zero-order valence-corrected chi connectivity index (χ0v) is 9.21. The molecule has 0 saturated carbocycles. The van der Waals surface area contributed by atoms with Gasteiger partial charge in [-0.15, -0.1) is 0 Å². The van der Waals surface area contributed by atoms with Crippen LogP contribution in [0.4, 0.5) is 0 Å². The van der Waals surface area contributed by atoms with E-state index >= 15 is 0 Å². The van der Waals surface area contributed by atoms with E-state index in [4.69, 9.17) is 10.2 Å². The summed E-state index contributed by atoms with van der Waals surface area (Å²) < 4.78 is 0. The van der Waals surface area contributed by atoms with E-state index in [1.165, 1.54) is 12.1 Å². The van der Waals surface area contributed by atoms with Gasteiger partial charge in [-0.3, -0.25) is 0 Å². The van der Waals surface area contributed by atoms with Gasteiger partial charge >= 0.3 is 0 Å². The summed E-state index contributed by atoms with van der Waals surface area (Å²) in [6.07, 6.45) is 9.72. The van der Waals surface area contributed by atoms with Gasteiger partial charge in [0.2, 0.25) is 0 Å². The van der Waals surface area contributed by atoms with Gasteiger partial charge in [0.25, 0.3) is 0 Å². The first-order chi connectivity index (χ1) is 7.33. The summed E-state index contributed by atoms with van der Waals surface area (Å²) in [6, 6.07) is 0. The summed E-state index contributed by atoms with van der Waals surface area (Å²) >= 11 is 0. The van der Waals surface area contributed by atoms with Crippen LogP contribution in [0, 0.1) is 0 Å². The van der Waals surface area contributed by atoms with Crippen LogP contribution in [0.2, 0.25) is 0 Å². The van der Waals surface area contributed by atoms with Crippen molar-refractivity contribution in [3.05, 3.63) is 23.6 Å². The Morgan fingerprint density at radius 2 is 1.87 bits per heavy atom. The second-order valence-corrected chi connectivity index (χ2v) is 3.91. The van der Waals surface area contributed by atoms with Crippen LogP contribution >= 0.6 is 0 Å². The smallest absolute Gasteiger partial charge is 0.0927 e. The van der Waals surface area contributed by atoms with Crippen LogP contribution in [-0.4, -0.2) is 23.4 Å². The Labute approximate surface area is 91.5 Å². The van der Waals surface area contributed by atoms with E-state index in [-0.39, 0.29) is 0 Å². The summed E-state index contributed by atoms with van der Waals surface area (Å²) in [6.45, 7) is 1.30. The van der Waals surface area contributed by atoms with Crippen LogP contribution < -0.4 is 5.32 Å². The molecule has 3 N–H and O–H groups in total. The van der Waals surface area contributed by atoms with E-state index in [0.29, 0.717) is 12.4 Å². The Morgan fingerprint density at radius 3 is 2.53 bits per heavy atom. The minimum Gasteiger partial charge on any atom is -0.512 e. The van der Waals surface area contributed by atoms with Crippen molar-refractivity contribution in [3.8, 4) is 0 Å². The highest BCUT2D eigenvalue weighted by Gasteiger charge is 2.03. The molecule has 0 aromatic carbocycles. The second-order valence-electron chi connectivity index (χ2n) is 3.91. The number of unbranched alkanes of at least 4 members (excludes halogenated alkanes) is 3. The summed E-state index contributed by atoms with van der Waals surface area (Å²) in [4.78, 5) is 0. The number of aliphatic hydroxyl groups is 2. The predicted molar refractivity (Wildman–Crippen MR) is 61.6 cm³/mol. The van der Waals surface area contributed by atoms with Crippen LogP contribution in [0.3, 0.4) is 0 Å². The third kappa shape index (κ3) is 5.47. The molecule has 3 heteroatoms. The van der Waals surface area contributed by atoms with E-state index < -0.39 is 0 Å². The van der Waals surface area contributed by atoms with Gasteiger partial charge in [0, 0.05) is 25.3 Å². The van der Waals surface area contributed by atoms with Gasteiger partial charge in [0.05, 0.1) is 5.76 Å². The maximum atomic E-state index is 9.16. The molecule has 1 aliphatic carbocycles. The van der Waals surface area contributed by atoms with Crippen molar-refractivity contribution in [2.45, 2.75) is 38.5 Å². The van der Waals surface area contributed by atoms with Crippen molar-refractivity contribution >= 4 is 0 Å². The molecule has 0 spiro atoms. The van der Waals surface area contributed by atoms with Crippen molar-refractivity contribution in [3.63, 3.8) is 0 Å². The molecule has 0 bridgehead atoms. The lowest BCUT2D eigenvalue weighted by Crippen LogP contribution is -2.16.